The molecule has 2 fully saturated rings. The Morgan fingerprint density at radius 1 is 0.875 bits per heavy atom. The van der Waals surface area contributed by atoms with Crippen LogP contribution in [0.1, 0.15) is 64.9 Å². The van der Waals surface area contributed by atoms with Crippen LogP contribution >= 0.6 is 0 Å². The summed E-state index contributed by atoms with van der Waals surface area (Å²) in [5.41, 5.74) is 6.35. The molecule has 0 radical (unpaired) electrons. The number of nitrogens with zero attached hydrogens (tertiary/aromatic N) is 1. The lowest BCUT2D eigenvalue weighted by molar-refractivity contribution is -0.145. The number of aliphatic carboxylic acids is 1. The van der Waals surface area contributed by atoms with E-state index in [4.69, 9.17) is 9.47 Å². The number of carbonyl (C=O) groups is 2. The van der Waals surface area contributed by atoms with E-state index in [-0.39, 0.29) is 17.7 Å². The van der Waals surface area contributed by atoms with E-state index in [1.54, 1.807) is 0 Å². The molecule has 0 spiro atoms. The van der Waals surface area contributed by atoms with Crippen molar-refractivity contribution < 1.29 is 24.2 Å². The van der Waals surface area contributed by atoms with Gasteiger partial charge in [-0.05, 0) is 82.7 Å². The van der Waals surface area contributed by atoms with Gasteiger partial charge in [0, 0.05) is 31.6 Å². The van der Waals surface area contributed by atoms with Gasteiger partial charge in [0.25, 0.3) is 5.91 Å². The highest BCUT2D eigenvalue weighted by atomic mass is 16.5. The number of carboxylic acids is 1. The molecule has 48 heavy (non-hydrogen) atoms. The van der Waals surface area contributed by atoms with E-state index >= 15 is 0 Å². The highest BCUT2D eigenvalue weighted by Gasteiger charge is 2.56. The van der Waals surface area contributed by atoms with Crippen LogP contribution < -0.4 is 14.8 Å². The largest absolute Gasteiger partial charge is 0.492 e. The maximum atomic E-state index is 13.3. The van der Waals surface area contributed by atoms with Gasteiger partial charge in [-0.3, -0.25) is 9.69 Å². The monoisotopic (exact) mass is 646 g/mol. The standard InChI is InChI=1S/C41H46N2O5/c1-27-10-19-33(38-35-25-43(26-36(35)38)24-29-8-6-5-7-9-29)34(22-27)39(44)42-20-21-47-31-15-11-28(12-16-31)23-37(40(45)46)48-32-17-13-30(14-18-32)41(2,3)4/h5-19,22,35-38H,20-21,23-26H2,1-4H3,(H,42,44)(H,45,46)/t35-,36?,37-,38-/m0/s1. The normalized spacial score (nSPS) is 19.3. The van der Waals surface area contributed by atoms with Crippen LogP contribution in [0.3, 0.4) is 0 Å². The van der Waals surface area contributed by atoms with Crippen molar-refractivity contribution in [2.45, 2.75) is 58.1 Å². The number of carbonyl (C=O) groups excluding carboxylic acids is 1. The van der Waals surface area contributed by atoms with Crippen LogP contribution in [-0.4, -0.2) is 54.2 Å². The van der Waals surface area contributed by atoms with Gasteiger partial charge in [-0.15, -0.1) is 0 Å². The van der Waals surface area contributed by atoms with Gasteiger partial charge >= 0.3 is 5.97 Å². The third kappa shape index (κ3) is 8.08. The molecule has 2 aliphatic rings. The van der Waals surface area contributed by atoms with Crippen LogP contribution in [0.15, 0.2) is 97.1 Å². The summed E-state index contributed by atoms with van der Waals surface area (Å²) in [5.74, 6) is 1.75. The van der Waals surface area contributed by atoms with Gasteiger partial charge in [0.05, 0.1) is 6.54 Å². The third-order valence-corrected chi connectivity index (χ3v) is 9.61. The zero-order chi connectivity index (χ0) is 33.8. The van der Waals surface area contributed by atoms with E-state index in [2.05, 4.69) is 73.5 Å². The maximum absolute atomic E-state index is 13.3. The second-order valence-corrected chi connectivity index (χ2v) is 14.3. The molecule has 6 rings (SSSR count). The molecule has 4 aromatic carbocycles. The van der Waals surface area contributed by atoms with Gasteiger partial charge in [0.2, 0.25) is 0 Å². The fraction of sp³-hybridized carbons (Fsp3) is 0.366. The van der Waals surface area contributed by atoms with Gasteiger partial charge in [-0.25, -0.2) is 4.79 Å². The maximum Gasteiger partial charge on any atom is 0.345 e. The minimum absolute atomic E-state index is 0.00659. The minimum atomic E-state index is -1.02. The molecular formula is C41H46N2O5. The number of likely N-dealkylation sites (tertiary alicyclic amines) is 1. The Bertz CT molecular complexity index is 1700. The Kier molecular flexibility index (Phi) is 9.88. The average Bonchev–Trinajstić information content (AvgIpc) is 3.56. The minimum Gasteiger partial charge on any atom is -0.492 e. The van der Waals surface area contributed by atoms with Crippen LogP contribution in [-0.2, 0) is 23.2 Å². The lowest BCUT2D eigenvalue weighted by atomic mass is 9.87. The molecule has 2 N–H and O–H groups in total. The first kappa shape index (κ1) is 33.3. The molecule has 4 atom stereocenters. The van der Waals surface area contributed by atoms with Crippen molar-refractivity contribution in [2.24, 2.45) is 11.8 Å². The van der Waals surface area contributed by atoms with E-state index in [0.29, 0.717) is 42.4 Å². The first-order valence-electron chi connectivity index (χ1n) is 16.9. The van der Waals surface area contributed by atoms with Gasteiger partial charge in [0.15, 0.2) is 6.10 Å². The molecular weight excluding hydrogens is 600 g/mol. The highest BCUT2D eigenvalue weighted by Crippen LogP contribution is 2.59. The zero-order valence-electron chi connectivity index (χ0n) is 28.3. The summed E-state index contributed by atoms with van der Waals surface area (Å²) in [6.07, 6.45) is -0.790. The van der Waals surface area contributed by atoms with Gasteiger partial charge < -0.3 is 19.9 Å². The third-order valence-electron chi connectivity index (χ3n) is 9.61. The van der Waals surface area contributed by atoms with E-state index < -0.39 is 12.1 Å². The molecule has 7 heteroatoms. The number of aryl methyl sites for hydroxylation is 1. The summed E-state index contributed by atoms with van der Waals surface area (Å²) in [5, 5.41) is 12.8. The van der Waals surface area contributed by atoms with Gasteiger partial charge in [0.1, 0.15) is 18.1 Å². The summed E-state index contributed by atoms with van der Waals surface area (Å²) in [4.78, 5) is 27.8. The number of fused-ring (bicyclic) bond motifs is 1. The van der Waals surface area contributed by atoms with Crippen molar-refractivity contribution in [3.05, 3.63) is 130 Å². The lowest BCUT2D eigenvalue weighted by Gasteiger charge is -2.20. The molecule has 1 saturated heterocycles. The van der Waals surface area contributed by atoms with Crippen molar-refractivity contribution in [1.82, 2.24) is 10.2 Å². The van der Waals surface area contributed by atoms with Crippen LogP contribution in [0.5, 0.6) is 11.5 Å². The fourth-order valence-corrected chi connectivity index (χ4v) is 6.94. The number of ether oxygens (including phenoxy) is 2. The van der Waals surface area contributed by atoms with Crippen LogP contribution in [0.4, 0.5) is 0 Å². The molecule has 7 nitrogen and oxygen atoms in total. The molecule has 1 heterocycles. The Morgan fingerprint density at radius 2 is 1.54 bits per heavy atom. The molecule has 0 aromatic heterocycles. The van der Waals surface area contributed by atoms with Crippen molar-refractivity contribution in [2.75, 3.05) is 26.2 Å². The Labute approximate surface area is 283 Å². The summed E-state index contributed by atoms with van der Waals surface area (Å²) >= 11 is 0. The van der Waals surface area contributed by atoms with Gasteiger partial charge in [-0.2, -0.15) is 0 Å². The number of amides is 1. The number of benzene rings is 4. The number of rotatable bonds is 13. The summed E-state index contributed by atoms with van der Waals surface area (Å²) in [6.45, 7) is 12.2. The summed E-state index contributed by atoms with van der Waals surface area (Å²) in [6, 6.07) is 31.8. The molecule has 4 aromatic rings. The zero-order valence-corrected chi connectivity index (χ0v) is 28.3. The second kappa shape index (κ2) is 14.2. The van der Waals surface area contributed by atoms with Gasteiger partial charge in [-0.1, -0.05) is 93.1 Å². The molecule has 1 saturated carbocycles. The quantitative estimate of drug-likeness (QED) is 0.152. The number of nitrogens with one attached hydrogen (secondary N) is 1. The Hall–Kier alpha value is -4.62. The van der Waals surface area contributed by atoms with E-state index in [0.717, 1.165) is 47.5 Å². The van der Waals surface area contributed by atoms with E-state index in [9.17, 15) is 14.7 Å². The molecule has 1 aliphatic carbocycles. The lowest BCUT2D eigenvalue weighted by Crippen LogP contribution is -2.29. The number of hydrogen-bond donors (Lipinski definition) is 2. The molecule has 0 bridgehead atoms. The van der Waals surface area contributed by atoms with Crippen molar-refractivity contribution in [3.63, 3.8) is 0 Å². The van der Waals surface area contributed by atoms with Crippen molar-refractivity contribution in [3.8, 4) is 11.5 Å². The molecule has 250 valence electrons. The second-order valence-electron chi connectivity index (χ2n) is 14.3. The first-order valence-corrected chi connectivity index (χ1v) is 16.9. The van der Waals surface area contributed by atoms with Crippen LogP contribution in [0.25, 0.3) is 0 Å². The molecule has 1 aliphatic heterocycles. The molecule has 1 unspecified atom stereocenters. The predicted octanol–water partition coefficient (Wildman–Crippen LogP) is 7.02. The number of carboxylic acid groups (broad SMARTS) is 1. The van der Waals surface area contributed by atoms with Crippen molar-refractivity contribution in [1.29, 1.82) is 0 Å². The fourth-order valence-electron chi connectivity index (χ4n) is 6.94. The van der Waals surface area contributed by atoms with E-state index in [1.165, 1.54) is 5.56 Å². The Morgan fingerprint density at radius 3 is 2.19 bits per heavy atom. The smallest absolute Gasteiger partial charge is 0.345 e. The summed E-state index contributed by atoms with van der Waals surface area (Å²) in [7, 11) is 0. The highest BCUT2D eigenvalue weighted by molar-refractivity contribution is 5.96. The topological polar surface area (TPSA) is 88.1 Å². The molecule has 1 amide bonds. The average molecular weight is 647 g/mol. The summed E-state index contributed by atoms with van der Waals surface area (Å²) < 4.78 is 11.7. The predicted molar refractivity (Wildman–Crippen MR) is 188 cm³/mol. The number of hydrogen-bond acceptors (Lipinski definition) is 5. The Balaban J connectivity index is 0.968. The van der Waals surface area contributed by atoms with Crippen LogP contribution in [0, 0.1) is 18.8 Å². The number of piperidine rings is 1. The SMILES string of the molecule is Cc1ccc([C@@H]2C3CN(Cc4ccccc4)C[C@@H]32)c(C(=O)NCCOc2ccc(C[C@H](Oc3ccc(C(C)(C)C)cc3)C(=O)O)cc2)c1. The van der Waals surface area contributed by atoms with E-state index in [1.807, 2.05) is 61.5 Å². The van der Waals surface area contributed by atoms with Crippen molar-refractivity contribution >= 4 is 11.9 Å². The first-order chi connectivity index (χ1) is 23.0. The van der Waals surface area contributed by atoms with Crippen LogP contribution in [0.2, 0.25) is 0 Å².